The second-order valence-corrected chi connectivity index (χ2v) is 4.74. The fourth-order valence-electron chi connectivity index (χ4n) is 2.12. The van der Waals surface area contributed by atoms with E-state index < -0.39 is 11.9 Å². The molecule has 0 spiro atoms. The molecule has 0 fully saturated rings. The maximum Gasteiger partial charge on any atom is 0.312 e. The number of nitrogens with two attached hydrogens (primary N) is 1. The highest BCUT2D eigenvalue weighted by atomic mass is 16.5. The Morgan fingerprint density at radius 1 is 1.44 bits per heavy atom. The zero-order chi connectivity index (χ0) is 13.9. The Kier molecular flexibility index (Phi) is 4.73. The molecule has 0 aliphatic rings. The van der Waals surface area contributed by atoms with E-state index >= 15 is 0 Å². The third-order valence-corrected chi connectivity index (χ3v) is 3.09. The van der Waals surface area contributed by atoms with Gasteiger partial charge in [-0.1, -0.05) is 26.0 Å². The standard InChI is InChI=1S/C14H21NO3/c1-8(2)11-6-10(12(7-15)14(16)17)5-9(3)13(11)18-4/h5-6,8,12H,7,15H2,1-4H3,(H,16,17). The maximum absolute atomic E-state index is 11.2. The van der Waals surface area contributed by atoms with E-state index in [4.69, 9.17) is 15.6 Å². The van der Waals surface area contributed by atoms with E-state index in [0.717, 1.165) is 22.4 Å². The van der Waals surface area contributed by atoms with Crippen LogP contribution in [0.5, 0.6) is 5.75 Å². The lowest BCUT2D eigenvalue weighted by Gasteiger charge is -2.19. The van der Waals surface area contributed by atoms with Crippen LogP contribution in [0.3, 0.4) is 0 Å². The minimum atomic E-state index is -0.892. The van der Waals surface area contributed by atoms with Crippen molar-refractivity contribution in [2.75, 3.05) is 13.7 Å². The van der Waals surface area contributed by atoms with Crippen molar-refractivity contribution in [3.05, 3.63) is 28.8 Å². The first-order valence-electron chi connectivity index (χ1n) is 6.03. The molecule has 0 aliphatic heterocycles. The fourth-order valence-corrected chi connectivity index (χ4v) is 2.12. The molecule has 4 heteroatoms. The Balaban J connectivity index is 3.36. The summed E-state index contributed by atoms with van der Waals surface area (Å²) in [6.07, 6.45) is 0. The van der Waals surface area contributed by atoms with Gasteiger partial charge in [-0.2, -0.15) is 0 Å². The van der Waals surface area contributed by atoms with Gasteiger partial charge in [-0.15, -0.1) is 0 Å². The Bertz CT molecular complexity index is 441. The number of ether oxygens (including phenoxy) is 1. The van der Waals surface area contributed by atoms with Crippen molar-refractivity contribution in [2.45, 2.75) is 32.6 Å². The molecular weight excluding hydrogens is 230 g/mol. The van der Waals surface area contributed by atoms with E-state index in [1.165, 1.54) is 0 Å². The van der Waals surface area contributed by atoms with Crippen LogP contribution in [0.2, 0.25) is 0 Å². The molecule has 100 valence electrons. The number of methoxy groups -OCH3 is 1. The maximum atomic E-state index is 11.2. The number of carbonyl (C=O) groups is 1. The zero-order valence-electron chi connectivity index (χ0n) is 11.4. The number of hydrogen-bond donors (Lipinski definition) is 2. The molecule has 1 aromatic rings. The van der Waals surface area contributed by atoms with Crippen molar-refractivity contribution >= 4 is 5.97 Å². The lowest BCUT2D eigenvalue weighted by Crippen LogP contribution is -2.21. The van der Waals surface area contributed by atoms with Crippen molar-refractivity contribution in [3.8, 4) is 5.75 Å². The molecule has 0 aromatic heterocycles. The predicted octanol–water partition coefficient (Wildman–Crippen LogP) is 2.25. The van der Waals surface area contributed by atoms with Crippen LogP contribution in [-0.4, -0.2) is 24.7 Å². The topological polar surface area (TPSA) is 72.5 Å². The van der Waals surface area contributed by atoms with Crippen LogP contribution in [0.15, 0.2) is 12.1 Å². The SMILES string of the molecule is COc1c(C)cc(C(CN)C(=O)O)cc1C(C)C. The van der Waals surface area contributed by atoms with E-state index in [9.17, 15) is 4.79 Å². The van der Waals surface area contributed by atoms with Gasteiger partial charge in [-0.25, -0.2) is 0 Å². The summed E-state index contributed by atoms with van der Waals surface area (Å²) in [6.45, 7) is 6.13. The average Bonchev–Trinajstić information content (AvgIpc) is 2.28. The van der Waals surface area contributed by atoms with Crippen LogP contribution < -0.4 is 10.5 Å². The van der Waals surface area contributed by atoms with Gasteiger partial charge in [0.1, 0.15) is 5.75 Å². The van der Waals surface area contributed by atoms with Crippen LogP contribution in [0.25, 0.3) is 0 Å². The minimum absolute atomic E-state index is 0.0959. The summed E-state index contributed by atoms with van der Waals surface area (Å²) in [6, 6.07) is 3.73. The average molecular weight is 251 g/mol. The molecule has 1 atom stereocenters. The number of aliphatic carboxylic acids is 1. The molecule has 3 N–H and O–H groups in total. The summed E-state index contributed by atoms with van der Waals surface area (Å²) in [4.78, 5) is 11.2. The fraction of sp³-hybridized carbons (Fsp3) is 0.500. The second kappa shape index (κ2) is 5.87. The van der Waals surface area contributed by atoms with Crippen molar-refractivity contribution in [1.82, 2.24) is 0 Å². The number of rotatable bonds is 5. The van der Waals surface area contributed by atoms with E-state index in [1.807, 2.05) is 19.1 Å². The zero-order valence-corrected chi connectivity index (χ0v) is 11.4. The van der Waals surface area contributed by atoms with Gasteiger partial charge < -0.3 is 15.6 Å². The highest BCUT2D eigenvalue weighted by Crippen LogP contribution is 2.33. The van der Waals surface area contributed by atoms with E-state index in [1.54, 1.807) is 7.11 Å². The van der Waals surface area contributed by atoms with Crippen LogP contribution in [0.4, 0.5) is 0 Å². The summed E-state index contributed by atoms with van der Waals surface area (Å²) < 4.78 is 5.39. The van der Waals surface area contributed by atoms with Crippen molar-refractivity contribution in [3.63, 3.8) is 0 Å². The van der Waals surface area contributed by atoms with E-state index in [2.05, 4.69) is 13.8 Å². The molecule has 1 unspecified atom stereocenters. The molecule has 0 heterocycles. The molecule has 0 amide bonds. The Hall–Kier alpha value is -1.55. The second-order valence-electron chi connectivity index (χ2n) is 4.74. The Morgan fingerprint density at radius 3 is 2.44 bits per heavy atom. The third kappa shape index (κ3) is 2.82. The molecule has 4 nitrogen and oxygen atoms in total. The monoisotopic (exact) mass is 251 g/mol. The molecule has 1 rings (SSSR count). The highest BCUT2D eigenvalue weighted by molar-refractivity contribution is 5.76. The van der Waals surface area contributed by atoms with Gasteiger partial charge in [0.05, 0.1) is 13.0 Å². The quantitative estimate of drug-likeness (QED) is 0.842. The number of hydrogen-bond acceptors (Lipinski definition) is 3. The third-order valence-electron chi connectivity index (χ3n) is 3.09. The largest absolute Gasteiger partial charge is 0.496 e. The molecule has 0 aliphatic carbocycles. The summed E-state index contributed by atoms with van der Waals surface area (Å²) in [7, 11) is 1.63. The normalized spacial score (nSPS) is 12.6. The molecule has 18 heavy (non-hydrogen) atoms. The Morgan fingerprint density at radius 2 is 2.06 bits per heavy atom. The first kappa shape index (κ1) is 14.5. The summed E-state index contributed by atoms with van der Waals surface area (Å²) >= 11 is 0. The molecule has 0 bridgehead atoms. The van der Waals surface area contributed by atoms with Gasteiger partial charge in [-0.05, 0) is 29.5 Å². The lowest BCUT2D eigenvalue weighted by atomic mass is 9.91. The number of benzene rings is 1. The molecule has 0 saturated carbocycles. The molecule has 0 saturated heterocycles. The summed E-state index contributed by atoms with van der Waals surface area (Å²) in [5, 5.41) is 9.16. The van der Waals surface area contributed by atoms with E-state index in [-0.39, 0.29) is 12.5 Å². The minimum Gasteiger partial charge on any atom is -0.496 e. The van der Waals surface area contributed by atoms with Gasteiger partial charge in [0.15, 0.2) is 0 Å². The van der Waals surface area contributed by atoms with Gasteiger partial charge >= 0.3 is 5.97 Å². The van der Waals surface area contributed by atoms with Crippen LogP contribution in [-0.2, 0) is 4.79 Å². The van der Waals surface area contributed by atoms with E-state index in [0.29, 0.717) is 0 Å². The number of carboxylic acid groups (broad SMARTS) is 1. The van der Waals surface area contributed by atoms with Gasteiger partial charge in [-0.3, -0.25) is 4.79 Å². The van der Waals surface area contributed by atoms with Gasteiger partial charge in [0.25, 0.3) is 0 Å². The van der Waals surface area contributed by atoms with Gasteiger partial charge in [0.2, 0.25) is 0 Å². The summed E-state index contributed by atoms with van der Waals surface area (Å²) in [5.74, 6) is -0.454. The first-order chi connectivity index (χ1) is 8.42. The van der Waals surface area contributed by atoms with Crippen molar-refractivity contribution < 1.29 is 14.6 Å². The summed E-state index contributed by atoms with van der Waals surface area (Å²) in [5.41, 5.74) is 8.25. The number of aryl methyl sites for hydroxylation is 1. The van der Waals surface area contributed by atoms with Crippen molar-refractivity contribution in [2.24, 2.45) is 5.73 Å². The van der Waals surface area contributed by atoms with Crippen LogP contribution in [0.1, 0.15) is 42.4 Å². The molecule has 1 aromatic carbocycles. The smallest absolute Gasteiger partial charge is 0.312 e. The molecular formula is C14H21NO3. The Labute approximate surface area is 108 Å². The highest BCUT2D eigenvalue weighted by Gasteiger charge is 2.21. The molecule has 0 radical (unpaired) electrons. The predicted molar refractivity (Wildman–Crippen MR) is 71.3 cm³/mol. The number of carboxylic acids is 1. The lowest BCUT2D eigenvalue weighted by molar-refractivity contribution is -0.138. The van der Waals surface area contributed by atoms with Crippen LogP contribution in [0, 0.1) is 6.92 Å². The van der Waals surface area contributed by atoms with Crippen molar-refractivity contribution in [1.29, 1.82) is 0 Å². The van der Waals surface area contributed by atoms with Crippen LogP contribution >= 0.6 is 0 Å². The van der Waals surface area contributed by atoms with Gasteiger partial charge in [0, 0.05) is 6.54 Å². The first-order valence-corrected chi connectivity index (χ1v) is 6.03.